The molecule has 0 bridgehead atoms. The molecule has 0 aliphatic heterocycles. The Morgan fingerprint density at radius 2 is 1.62 bits per heavy atom. The maximum atomic E-state index is 13.8. The summed E-state index contributed by atoms with van der Waals surface area (Å²) in [5, 5.41) is 31.5. The fourth-order valence-corrected chi connectivity index (χ4v) is 4.15. The number of ether oxygens (including phenoxy) is 6. The largest absolute Gasteiger partial charge is 0.507 e. The number of aliphatic hydroxyl groups is 2. The number of allylic oxidation sites excluding steroid dienone is 2. The van der Waals surface area contributed by atoms with E-state index in [0.717, 1.165) is 5.57 Å². The first-order chi connectivity index (χ1) is 20.0. The number of aliphatic hydroxyl groups excluding tert-OH is 1. The number of phenolic OH excluding ortho intramolecular Hbond substituents is 1. The molecule has 0 radical (unpaired) electrons. The zero-order chi connectivity index (χ0) is 30.9. The van der Waals surface area contributed by atoms with Crippen LogP contribution in [0.1, 0.15) is 39.2 Å². The van der Waals surface area contributed by atoms with Gasteiger partial charge in [0.2, 0.25) is 11.2 Å². The summed E-state index contributed by atoms with van der Waals surface area (Å²) in [5.74, 6) is 0.511. The lowest BCUT2D eigenvalue weighted by Gasteiger charge is -2.24. The van der Waals surface area contributed by atoms with Crippen molar-refractivity contribution >= 4 is 11.0 Å². The smallest absolute Gasteiger partial charge is 0.239 e. The van der Waals surface area contributed by atoms with Crippen LogP contribution in [0.25, 0.3) is 22.3 Å². The van der Waals surface area contributed by atoms with Gasteiger partial charge < -0.3 is 48.2 Å². The molecule has 0 saturated carbocycles. The Hall–Kier alpha value is -3.61. The van der Waals surface area contributed by atoms with Gasteiger partial charge in [-0.2, -0.15) is 0 Å². The van der Waals surface area contributed by atoms with E-state index in [2.05, 4.69) is 0 Å². The summed E-state index contributed by atoms with van der Waals surface area (Å²) >= 11 is 0. The molecule has 0 amide bonds. The van der Waals surface area contributed by atoms with E-state index in [0.29, 0.717) is 29.7 Å². The molecule has 1 heterocycles. The van der Waals surface area contributed by atoms with Crippen molar-refractivity contribution in [3.05, 3.63) is 57.8 Å². The van der Waals surface area contributed by atoms with Crippen LogP contribution in [-0.4, -0.2) is 68.7 Å². The highest BCUT2D eigenvalue weighted by molar-refractivity contribution is 5.90. The Kier molecular flexibility index (Phi) is 11.8. The molecule has 230 valence electrons. The van der Waals surface area contributed by atoms with E-state index in [9.17, 15) is 20.1 Å². The average molecular weight is 589 g/mol. The predicted molar refractivity (Wildman–Crippen MR) is 156 cm³/mol. The Morgan fingerprint density at radius 3 is 2.24 bits per heavy atom. The highest BCUT2D eigenvalue weighted by Crippen LogP contribution is 2.40. The quantitative estimate of drug-likeness (QED) is 0.160. The predicted octanol–water partition coefficient (Wildman–Crippen LogP) is 4.51. The summed E-state index contributed by atoms with van der Waals surface area (Å²) in [7, 11) is 4.41. The van der Waals surface area contributed by atoms with Crippen LogP contribution in [-0.2, 0) is 20.6 Å². The average Bonchev–Trinajstić information content (AvgIpc) is 2.96. The summed E-state index contributed by atoms with van der Waals surface area (Å²) in [6, 6.07) is 8.33. The molecule has 3 aromatic rings. The van der Waals surface area contributed by atoms with Gasteiger partial charge in [-0.3, -0.25) is 4.79 Å². The van der Waals surface area contributed by atoms with Gasteiger partial charge in [0, 0.05) is 38.5 Å². The van der Waals surface area contributed by atoms with Crippen LogP contribution in [0, 0.1) is 0 Å². The fraction of sp³-hybridized carbons (Fsp3) is 0.452. The third kappa shape index (κ3) is 8.24. The minimum absolute atomic E-state index is 0.0758. The second kappa shape index (κ2) is 15.0. The van der Waals surface area contributed by atoms with Crippen LogP contribution in [0.4, 0.5) is 0 Å². The van der Waals surface area contributed by atoms with Gasteiger partial charge in [0.05, 0.1) is 11.7 Å². The van der Waals surface area contributed by atoms with Crippen molar-refractivity contribution in [1.29, 1.82) is 0 Å². The molecule has 11 heteroatoms. The van der Waals surface area contributed by atoms with Gasteiger partial charge >= 0.3 is 0 Å². The van der Waals surface area contributed by atoms with Gasteiger partial charge in [-0.05, 0) is 64.3 Å². The van der Waals surface area contributed by atoms with Gasteiger partial charge in [0.1, 0.15) is 28.2 Å². The molecule has 1 aromatic heterocycles. The topological polar surface area (TPSA) is 146 Å². The Bertz CT molecular complexity index is 1400. The normalized spacial score (nSPS) is 12.9. The van der Waals surface area contributed by atoms with E-state index < -0.39 is 17.1 Å². The van der Waals surface area contributed by atoms with Crippen molar-refractivity contribution in [2.24, 2.45) is 0 Å². The first-order valence-corrected chi connectivity index (χ1v) is 13.4. The van der Waals surface area contributed by atoms with Crippen LogP contribution in [0.5, 0.6) is 23.0 Å². The van der Waals surface area contributed by atoms with E-state index in [1.807, 2.05) is 13.0 Å². The number of phenols is 1. The van der Waals surface area contributed by atoms with Gasteiger partial charge in [-0.15, -0.1) is 0 Å². The molecule has 0 aliphatic carbocycles. The number of methoxy groups -OCH3 is 3. The zero-order valence-electron chi connectivity index (χ0n) is 24.9. The van der Waals surface area contributed by atoms with Gasteiger partial charge in [0.15, 0.2) is 26.1 Å². The monoisotopic (exact) mass is 588 g/mol. The third-order valence-electron chi connectivity index (χ3n) is 6.58. The molecule has 0 fully saturated rings. The van der Waals surface area contributed by atoms with Crippen molar-refractivity contribution < 1.29 is 48.2 Å². The maximum Gasteiger partial charge on any atom is 0.239 e. The molecule has 0 spiro atoms. The lowest BCUT2D eigenvalue weighted by Crippen LogP contribution is -2.35. The highest BCUT2D eigenvalue weighted by atomic mass is 16.7. The number of benzene rings is 2. The SMILES string of the molecule is COCOc1ccc(-c2oc3cc(OCOC)c(C/C=C(/C)CC[C@@H](O)C(C)(C)O)c(O)c3c(=O)c2OCOC)cc1. The second-order valence-corrected chi connectivity index (χ2v) is 10.3. The fourth-order valence-electron chi connectivity index (χ4n) is 4.15. The highest BCUT2D eigenvalue weighted by Gasteiger charge is 2.25. The van der Waals surface area contributed by atoms with Crippen molar-refractivity contribution in [2.75, 3.05) is 41.7 Å². The van der Waals surface area contributed by atoms with E-state index >= 15 is 0 Å². The van der Waals surface area contributed by atoms with Gasteiger partial charge in [-0.1, -0.05) is 11.6 Å². The second-order valence-electron chi connectivity index (χ2n) is 10.3. The summed E-state index contributed by atoms with van der Waals surface area (Å²) in [6.45, 7) is 4.74. The van der Waals surface area contributed by atoms with Crippen molar-refractivity contribution in [3.63, 3.8) is 0 Å². The standard InChI is InChI=1S/C31H40O11/c1-19(8-14-25(32)31(2,3)35)7-13-22-23(40-17-37-5)15-24-26(27(22)33)28(34)30(41-18-38-6)29(42-24)20-9-11-21(12-10-20)39-16-36-4/h7,9-12,15,25,32-33,35H,8,13-14,16-18H2,1-6H3/b19-7-/t25-/m1/s1. The van der Waals surface area contributed by atoms with Crippen LogP contribution in [0.15, 0.2) is 51.2 Å². The van der Waals surface area contributed by atoms with Crippen LogP contribution in [0.3, 0.4) is 0 Å². The first kappa shape index (κ1) is 32.9. The van der Waals surface area contributed by atoms with Crippen LogP contribution >= 0.6 is 0 Å². The molecular weight excluding hydrogens is 548 g/mol. The van der Waals surface area contributed by atoms with Crippen molar-refractivity contribution in [1.82, 2.24) is 0 Å². The number of rotatable bonds is 16. The minimum Gasteiger partial charge on any atom is -0.507 e. The van der Waals surface area contributed by atoms with Crippen molar-refractivity contribution in [2.45, 2.75) is 51.7 Å². The molecule has 0 saturated heterocycles. The van der Waals surface area contributed by atoms with E-state index in [1.54, 1.807) is 38.1 Å². The molecule has 0 aliphatic rings. The maximum absolute atomic E-state index is 13.8. The molecule has 1 atom stereocenters. The summed E-state index contributed by atoms with van der Waals surface area (Å²) < 4.78 is 38.1. The minimum atomic E-state index is -1.21. The molecule has 3 rings (SSSR count). The van der Waals surface area contributed by atoms with E-state index in [-0.39, 0.29) is 60.8 Å². The molecule has 3 N–H and O–H groups in total. The zero-order valence-corrected chi connectivity index (χ0v) is 24.9. The number of fused-ring (bicyclic) bond motifs is 1. The number of hydrogen-bond donors (Lipinski definition) is 3. The lowest BCUT2D eigenvalue weighted by molar-refractivity contribution is -0.0509. The summed E-state index contributed by atoms with van der Waals surface area (Å²) in [6.07, 6.45) is 2.05. The Balaban J connectivity index is 2.09. The van der Waals surface area contributed by atoms with Gasteiger partial charge in [0.25, 0.3) is 0 Å². The summed E-state index contributed by atoms with van der Waals surface area (Å²) in [4.78, 5) is 13.8. The molecule has 2 aromatic carbocycles. The Morgan fingerprint density at radius 1 is 1.00 bits per heavy atom. The number of hydrogen-bond acceptors (Lipinski definition) is 11. The third-order valence-corrected chi connectivity index (χ3v) is 6.58. The van der Waals surface area contributed by atoms with Crippen LogP contribution < -0.4 is 19.6 Å². The number of aromatic hydroxyl groups is 1. The summed E-state index contributed by atoms with van der Waals surface area (Å²) in [5.41, 5.74) is 0.0709. The molecule has 42 heavy (non-hydrogen) atoms. The van der Waals surface area contributed by atoms with E-state index in [4.69, 9.17) is 32.8 Å². The molecule has 11 nitrogen and oxygen atoms in total. The van der Waals surface area contributed by atoms with Crippen molar-refractivity contribution in [3.8, 4) is 34.3 Å². The first-order valence-electron chi connectivity index (χ1n) is 13.4. The lowest BCUT2D eigenvalue weighted by atomic mass is 9.95. The van der Waals surface area contributed by atoms with E-state index in [1.165, 1.54) is 27.4 Å². The van der Waals surface area contributed by atoms with Crippen LogP contribution in [0.2, 0.25) is 0 Å². The molecular formula is C31H40O11. The Labute approximate surface area is 244 Å². The van der Waals surface area contributed by atoms with Gasteiger partial charge in [-0.25, -0.2) is 0 Å². The molecule has 0 unspecified atom stereocenters.